The van der Waals surface area contributed by atoms with E-state index in [9.17, 15) is 4.79 Å². The standard InChI is InChI=1S/C16H16N4O/c21-11-18-7-1-2-12-3-4-14-15(10-12)20-16(19-14)13-5-8-17-9-6-13/h3-6,8-11H,1-2,7H2,(H,18,21)(H,19,20). The maximum atomic E-state index is 10.2. The molecule has 0 spiro atoms. The fraction of sp³-hybridized carbons (Fsp3) is 0.188. The minimum Gasteiger partial charge on any atom is -0.359 e. The molecule has 0 unspecified atom stereocenters. The van der Waals surface area contributed by atoms with Gasteiger partial charge in [-0.1, -0.05) is 6.07 Å². The number of carbonyl (C=O) groups is 1. The lowest BCUT2D eigenvalue weighted by Crippen LogP contribution is -2.12. The van der Waals surface area contributed by atoms with E-state index in [1.807, 2.05) is 18.2 Å². The summed E-state index contributed by atoms with van der Waals surface area (Å²) < 4.78 is 0. The van der Waals surface area contributed by atoms with Gasteiger partial charge in [0, 0.05) is 24.5 Å². The molecule has 5 nitrogen and oxygen atoms in total. The molecule has 5 heteroatoms. The van der Waals surface area contributed by atoms with E-state index >= 15 is 0 Å². The van der Waals surface area contributed by atoms with E-state index in [4.69, 9.17) is 0 Å². The summed E-state index contributed by atoms with van der Waals surface area (Å²) >= 11 is 0. The number of aromatic nitrogens is 3. The second kappa shape index (κ2) is 6.17. The largest absolute Gasteiger partial charge is 0.359 e. The zero-order chi connectivity index (χ0) is 14.5. The van der Waals surface area contributed by atoms with Crippen molar-refractivity contribution in [2.75, 3.05) is 6.54 Å². The summed E-state index contributed by atoms with van der Waals surface area (Å²) in [5.74, 6) is 0.854. The SMILES string of the molecule is O=CNCCCc1ccc2nc(-c3ccncc3)[nH]c2c1. The first-order chi connectivity index (χ1) is 10.4. The summed E-state index contributed by atoms with van der Waals surface area (Å²) in [4.78, 5) is 22.1. The third-order valence-corrected chi connectivity index (χ3v) is 3.37. The summed E-state index contributed by atoms with van der Waals surface area (Å²) in [7, 11) is 0. The zero-order valence-electron chi connectivity index (χ0n) is 11.5. The lowest BCUT2D eigenvalue weighted by molar-refractivity contribution is -0.109. The van der Waals surface area contributed by atoms with Crippen LogP contribution in [0.15, 0.2) is 42.7 Å². The van der Waals surface area contributed by atoms with Crippen LogP contribution in [0.3, 0.4) is 0 Å². The summed E-state index contributed by atoms with van der Waals surface area (Å²) in [6, 6.07) is 10.1. The van der Waals surface area contributed by atoms with Crippen molar-refractivity contribution in [3.63, 3.8) is 0 Å². The first-order valence-corrected chi connectivity index (χ1v) is 6.93. The van der Waals surface area contributed by atoms with Gasteiger partial charge in [-0.2, -0.15) is 0 Å². The highest BCUT2D eigenvalue weighted by molar-refractivity contribution is 5.79. The third-order valence-electron chi connectivity index (χ3n) is 3.37. The molecule has 0 saturated carbocycles. The van der Waals surface area contributed by atoms with Gasteiger partial charge in [-0.05, 0) is 42.7 Å². The number of pyridine rings is 1. The quantitative estimate of drug-likeness (QED) is 0.537. The Balaban J connectivity index is 1.80. The molecule has 0 saturated heterocycles. The Morgan fingerprint density at radius 3 is 2.86 bits per heavy atom. The van der Waals surface area contributed by atoms with Crippen LogP contribution >= 0.6 is 0 Å². The first kappa shape index (κ1) is 13.3. The van der Waals surface area contributed by atoms with Crippen LogP contribution in [-0.4, -0.2) is 27.9 Å². The second-order valence-corrected chi connectivity index (χ2v) is 4.85. The van der Waals surface area contributed by atoms with Gasteiger partial charge in [0.2, 0.25) is 6.41 Å². The molecule has 2 heterocycles. The second-order valence-electron chi connectivity index (χ2n) is 4.85. The van der Waals surface area contributed by atoms with Crippen LogP contribution in [0.4, 0.5) is 0 Å². The van der Waals surface area contributed by atoms with Gasteiger partial charge in [0.1, 0.15) is 5.82 Å². The molecule has 0 atom stereocenters. The summed E-state index contributed by atoms with van der Waals surface area (Å²) in [6.07, 6.45) is 6.11. The van der Waals surface area contributed by atoms with Crippen molar-refractivity contribution in [3.8, 4) is 11.4 Å². The van der Waals surface area contributed by atoms with Crippen LogP contribution in [-0.2, 0) is 11.2 Å². The van der Waals surface area contributed by atoms with Crippen molar-refractivity contribution >= 4 is 17.4 Å². The predicted molar refractivity (Wildman–Crippen MR) is 81.7 cm³/mol. The van der Waals surface area contributed by atoms with E-state index < -0.39 is 0 Å². The molecule has 0 aliphatic heterocycles. The highest BCUT2D eigenvalue weighted by Crippen LogP contribution is 2.21. The van der Waals surface area contributed by atoms with Crippen molar-refractivity contribution < 1.29 is 4.79 Å². The lowest BCUT2D eigenvalue weighted by Gasteiger charge is -2.00. The number of H-pyrrole nitrogens is 1. The molecular formula is C16H16N4O. The van der Waals surface area contributed by atoms with Crippen LogP contribution in [0, 0.1) is 0 Å². The molecule has 0 aliphatic carbocycles. The lowest BCUT2D eigenvalue weighted by atomic mass is 10.1. The highest BCUT2D eigenvalue weighted by Gasteiger charge is 2.05. The van der Waals surface area contributed by atoms with E-state index in [1.54, 1.807) is 12.4 Å². The van der Waals surface area contributed by atoms with Crippen molar-refractivity contribution in [2.24, 2.45) is 0 Å². The predicted octanol–water partition coefficient (Wildman–Crippen LogP) is 2.30. The molecule has 2 aromatic heterocycles. The number of imidazole rings is 1. The van der Waals surface area contributed by atoms with E-state index in [1.165, 1.54) is 5.56 Å². The molecule has 106 valence electrons. The van der Waals surface area contributed by atoms with Gasteiger partial charge in [-0.25, -0.2) is 4.98 Å². The van der Waals surface area contributed by atoms with Gasteiger partial charge in [-0.3, -0.25) is 9.78 Å². The smallest absolute Gasteiger partial charge is 0.207 e. The van der Waals surface area contributed by atoms with Gasteiger partial charge in [0.05, 0.1) is 11.0 Å². The van der Waals surface area contributed by atoms with Gasteiger partial charge in [0.25, 0.3) is 0 Å². The number of carbonyl (C=O) groups excluding carboxylic acids is 1. The van der Waals surface area contributed by atoms with Gasteiger partial charge >= 0.3 is 0 Å². The molecule has 0 aliphatic rings. The molecule has 3 rings (SSSR count). The number of benzene rings is 1. The molecule has 3 aromatic rings. The summed E-state index contributed by atoms with van der Waals surface area (Å²) in [6.45, 7) is 0.701. The maximum absolute atomic E-state index is 10.2. The van der Waals surface area contributed by atoms with Crippen LogP contribution in [0.5, 0.6) is 0 Å². The van der Waals surface area contributed by atoms with Crippen LogP contribution in [0.2, 0.25) is 0 Å². The molecular weight excluding hydrogens is 264 g/mol. The van der Waals surface area contributed by atoms with E-state index in [0.29, 0.717) is 6.54 Å². The molecule has 1 aromatic carbocycles. The summed E-state index contributed by atoms with van der Waals surface area (Å²) in [5.41, 5.74) is 4.25. The van der Waals surface area contributed by atoms with Gasteiger partial charge in [-0.15, -0.1) is 0 Å². The molecule has 2 N–H and O–H groups in total. The maximum Gasteiger partial charge on any atom is 0.207 e. The van der Waals surface area contributed by atoms with Gasteiger partial charge in [0.15, 0.2) is 0 Å². The number of hydrogen-bond acceptors (Lipinski definition) is 3. The number of nitrogens with one attached hydrogen (secondary N) is 2. The number of fused-ring (bicyclic) bond motifs is 1. The fourth-order valence-corrected chi connectivity index (χ4v) is 2.31. The Morgan fingerprint density at radius 2 is 2.05 bits per heavy atom. The Bertz CT molecular complexity index is 736. The molecule has 0 radical (unpaired) electrons. The zero-order valence-corrected chi connectivity index (χ0v) is 11.5. The van der Waals surface area contributed by atoms with Crippen molar-refractivity contribution in [1.82, 2.24) is 20.3 Å². The average molecular weight is 280 g/mol. The topological polar surface area (TPSA) is 70.7 Å². The van der Waals surface area contributed by atoms with Crippen LogP contribution in [0.1, 0.15) is 12.0 Å². The first-order valence-electron chi connectivity index (χ1n) is 6.93. The Kier molecular flexibility index (Phi) is 3.91. The number of amides is 1. The van der Waals surface area contributed by atoms with Gasteiger partial charge < -0.3 is 10.3 Å². The molecule has 1 amide bonds. The number of rotatable bonds is 6. The van der Waals surface area contributed by atoms with E-state index in [-0.39, 0.29) is 0 Å². The minimum atomic E-state index is 0.701. The van der Waals surface area contributed by atoms with Crippen LogP contribution < -0.4 is 5.32 Å². The van der Waals surface area contributed by atoms with E-state index in [0.717, 1.165) is 41.7 Å². The molecule has 0 bridgehead atoms. The Labute approximate surface area is 122 Å². The monoisotopic (exact) mass is 280 g/mol. The minimum absolute atomic E-state index is 0.701. The van der Waals surface area contributed by atoms with Crippen molar-refractivity contribution in [1.29, 1.82) is 0 Å². The van der Waals surface area contributed by atoms with Crippen molar-refractivity contribution in [3.05, 3.63) is 48.3 Å². The Morgan fingerprint density at radius 1 is 1.19 bits per heavy atom. The fourth-order valence-electron chi connectivity index (χ4n) is 2.31. The number of hydrogen-bond donors (Lipinski definition) is 2. The Hall–Kier alpha value is -2.69. The number of nitrogens with zero attached hydrogens (tertiary/aromatic N) is 2. The normalized spacial score (nSPS) is 10.7. The molecule has 0 fully saturated rings. The van der Waals surface area contributed by atoms with Crippen LogP contribution in [0.25, 0.3) is 22.4 Å². The van der Waals surface area contributed by atoms with Crippen molar-refractivity contribution in [2.45, 2.75) is 12.8 Å². The highest BCUT2D eigenvalue weighted by atomic mass is 16.1. The summed E-state index contributed by atoms with van der Waals surface area (Å²) in [5, 5.41) is 2.67. The third kappa shape index (κ3) is 3.08. The van der Waals surface area contributed by atoms with E-state index in [2.05, 4.69) is 32.4 Å². The number of aromatic amines is 1. The number of aryl methyl sites for hydroxylation is 1. The average Bonchev–Trinajstić information content (AvgIpc) is 2.96. The molecule has 21 heavy (non-hydrogen) atoms.